The molecule has 2 aromatic rings. The summed E-state index contributed by atoms with van der Waals surface area (Å²) >= 11 is 11.8. The Morgan fingerprint density at radius 1 is 0.792 bits per heavy atom. The lowest BCUT2D eigenvalue weighted by molar-refractivity contribution is -0.111. The summed E-state index contributed by atoms with van der Waals surface area (Å²) in [6.07, 6.45) is 2.46. The number of phenolic OH excluding ortho intramolecular Hbond substituents is 2. The number of anilines is 2. The van der Waals surface area contributed by atoms with Crippen molar-refractivity contribution in [2.24, 2.45) is 0 Å². The number of phenols is 2. The Kier molecular flexibility index (Phi) is 6.12. The smallest absolute Gasteiger partial charge is 0.218 e. The lowest BCUT2D eigenvalue weighted by Gasteiger charge is -2.05. The third-order valence-corrected chi connectivity index (χ3v) is 3.51. The fourth-order valence-corrected chi connectivity index (χ4v) is 2.08. The Hall–Kier alpha value is -2.63. The van der Waals surface area contributed by atoms with E-state index in [1.54, 1.807) is 36.4 Å². The van der Waals surface area contributed by atoms with Crippen LogP contribution in [-0.2, 0) is 4.79 Å². The van der Waals surface area contributed by atoms with Crippen molar-refractivity contribution >= 4 is 40.4 Å². The molecule has 2 rings (SSSR count). The fourth-order valence-electron chi connectivity index (χ4n) is 1.72. The number of hydrogen-bond donors (Lipinski definition) is 4. The van der Waals surface area contributed by atoms with Crippen molar-refractivity contribution in [3.63, 3.8) is 0 Å². The molecule has 0 radical (unpaired) electrons. The number of aromatic hydroxyl groups is 2. The minimum absolute atomic E-state index is 0.0218. The predicted octanol–water partition coefficient (Wildman–Crippen LogP) is 4.35. The van der Waals surface area contributed by atoms with E-state index in [1.807, 2.05) is 0 Å². The SMILES string of the molecule is O=C(C(Cl)=CNc1ccccc1O)C(Cl)=CNc1ccccc1O. The Morgan fingerprint density at radius 2 is 1.17 bits per heavy atom. The van der Waals surface area contributed by atoms with Gasteiger partial charge in [0.2, 0.25) is 5.78 Å². The van der Waals surface area contributed by atoms with Gasteiger partial charge in [-0.25, -0.2) is 0 Å². The second-order valence-electron chi connectivity index (χ2n) is 4.64. The summed E-state index contributed by atoms with van der Waals surface area (Å²) in [5.41, 5.74) is 0.798. The molecule has 0 atom stereocenters. The van der Waals surface area contributed by atoms with Gasteiger partial charge < -0.3 is 20.8 Å². The highest BCUT2D eigenvalue weighted by atomic mass is 35.5. The lowest BCUT2D eigenvalue weighted by Crippen LogP contribution is -2.02. The molecule has 124 valence electrons. The maximum absolute atomic E-state index is 12.0. The third-order valence-electron chi connectivity index (χ3n) is 2.95. The van der Waals surface area contributed by atoms with Gasteiger partial charge in [0, 0.05) is 12.4 Å². The Balaban J connectivity index is 2.04. The van der Waals surface area contributed by atoms with Crippen LogP contribution in [0, 0.1) is 0 Å². The zero-order valence-electron chi connectivity index (χ0n) is 12.3. The Labute approximate surface area is 148 Å². The third kappa shape index (κ3) is 4.68. The van der Waals surface area contributed by atoms with Crippen LogP contribution < -0.4 is 10.6 Å². The van der Waals surface area contributed by atoms with Crippen LogP contribution >= 0.6 is 23.2 Å². The number of ketones is 1. The van der Waals surface area contributed by atoms with Crippen LogP contribution in [0.25, 0.3) is 0 Å². The highest BCUT2D eigenvalue weighted by Gasteiger charge is 2.12. The quantitative estimate of drug-likeness (QED) is 0.452. The van der Waals surface area contributed by atoms with Crippen LogP contribution in [0.3, 0.4) is 0 Å². The van der Waals surface area contributed by atoms with Crippen LogP contribution in [0.1, 0.15) is 0 Å². The first-order valence-electron chi connectivity index (χ1n) is 6.84. The van der Waals surface area contributed by atoms with Crippen molar-refractivity contribution in [1.29, 1.82) is 0 Å². The minimum atomic E-state index is -0.621. The second-order valence-corrected chi connectivity index (χ2v) is 5.45. The van der Waals surface area contributed by atoms with Crippen LogP contribution in [0.4, 0.5) is 11.4 Å². The number of rotatable bonds is 6. The minimum Gasteiger partial charge on any atom is -0.506 e. The molecule has 0 aliphatic rings. The molecule has 0 spiro atoms. The summed E-state index contributed by atoms with van der Waals surface area (Å²) in [6.45, 7) is 0. The molecule has 0 bridgehead atoms. The van der Waals surface area contributed by atoms with Gasteiger partial charge >= 0.3 is 0 Å². The second kappa shape index (κ2) is 8.29. The van der Waals surface area contributed by atoms with Crippen LogP contribution in [0.15, 0.2) is 71.0 Å². The zero-order valence-corrected chi connectivity index (χ0v) is 13.8. The summed E-state index contributed by atoms with van der Waals surface area (Å²) < 4.78 is 0. The maximum atomic E-state index is 12.0. The Morgan fingerprint density at radius 3 is 1.54 bits per heavy atom. The number of benzene rings is 2. The van der Waals surface area contributed by atoms with E-state index in [0.717, 1.165) is 0 Å². The van der Waals surface area contributed by atoms with Crippen LogP contribution in [-0.4, -0.2) is 16.0 Å². The van der Waals surface area contributed by atoms with E-state index in [-0.39, 0.29) is 21.6 Å². The van der Waals surface area contributed by atoms with E-state index in [0.29, 0.717) is 11.4 Å². The van der Waals surface area contributed by atoms with E-state index in [4.69, 9.17) is 23.2 Å². The van der Waals surface area contributed by atoms with Gasteiger partial charge in [0.05, 0.1) is 11.4 Å². The Bertz CT molecular complexity index is 738. The maximum Gasteiger partial charge on any atom is 0.218 e. The van der Waals surface area contributed by atoms with Gasteiger partial charge in [-0.2, -0.15) is 0 Å². The van der Waals surface area contributed by atoms with Gasteiger partial charge in [-0.15, -0.1) is 0 Å². The molecule has 2 aromatic carbocycles. The van der Waals surface area contributed by atoms with Gasteiger partial charge in [-0.3, -0.25) is 4.79 Å². The molecular weight excluding hydrogens is 351 g/mol. The molecule has 0 amide bonds. The predicted molar refractivity (Wildman–Crippen MR) is 96.3 cm³/mol. The fraction of sp³-hybridized carbons (Fsp3) is 0. The molecule has 0 heterocycles. The molecule has 0 unspecified atom stereocenters. The summed E-state index contributed by atoms with van der Waals surface area (Å²) in [5.74, 6) is -0.578. The summed E-state index contributed by atoms with van der Waals surface area (Å²) in [6, 6.07) is 13.0. The standard InChI is InChI=1S/C17H14Cl2N2O3/c18-11(9-20-13-5-1-3-7-15(13)22)17(24)12(19)10-21-14-6-2-4-8-16(14)23/h1-10,20-23H. The number of allylic oxidation sites excluding steroid dienone is 2. The molecule has 24 heavy (non-hydrogen) atoms. The van der Waals surface area contributed by atoms with Crippen LogP contribution in [0.5, 0.6) is 11.5 Å². The number of para-hydroxylation sites is 4. The van der Waals surface area contributed by atoms with E-state index in [9.17, 15) is 15.0 Å². The number of halogens is 2. The molecule has 0 aliphatic carbocycles. The number of carbonyl (C=O) groups excluding carboxylic acids is 1. The average molecular weight is 365 g/mol. The molecular formula is C17H14Cl2N2O3. The molecule has 0 fully saturated rings. The van der Waals surface area contributed by atoms with Crippen molar-refractivity contribution in [3.05, 3.63) is 71.0 Å². The summed E-state index contributed by atoms with van der Waals surface area (Å²) in [4.78, 5) is 12.0. The summed E-state index contributed by atoms with van der Waals surface area (Å²) in [5, 5.41) is 24.3. The first-order chi connectivity index (χ1) is 11.5. The highest BCUT2D eigenvalue weighted by molar-refractivity contribution is 6.54. The van der Waals surface area contributed by atoms with Gasteiger partial charge in [0.25, 0.3) is 0 Å². The molecule has 0 aliphatic heterocycles. The monoisotopic (exact) mass is 364 g/mol. The van der Waals surface area contributed by atoms with Gasteiger partial charge in [-0.05, 0) is 24.3 Å². The van der Waals surface area contributed by atoms with Gasteiger partial charge in [0.1, 0.15) is 21.6 Å². The van der Waals surface area contributed by atoms with Crippen molar-refractivity contribution < 1.29 is 15.0 Å². The van der Waals surface area contributed by atoms with Crippen molar-refractivity contribution in [1.82, 2.24) is 0 Å². The van der Waals surface area contributed by atoms with Crippen molar-refractivity contribution in [3.8, 4) is 11.5 Å². The molecule has 0 saturated carbocycles. The molecule has 7 heteroatoms. The number of nitrogens with one attached hydrogen (secondary N) is 2. The van der Waals surface area contributed by atoms with E-state index in [1.165, 1.54) is 24.5 Å². The first kappa shape index (κ1) is 17.7. The van der Waals surface area contributed by atoms with E-state index in [2.05, 4.69) is 10.6 Å². The average Bonchev–Trinajstić information content (AvgIpc) is 2.59. The number of hydrogen-bond acceptors (Lipinski definition) is 5. The summed E-state index contributed by atoms with van der Waals surface area (Å²) in [7, 11) is 0. The van der Waals surface area contributed by atoms with Crippen molar-refractivity contribution in [2.45, 2.75) is 0 Å². The van der Waals surface area contributed by atoms with Gasteiger partial charge in [-0.1, -0.05) is 47.5 Å². The topological polar surface area (TPSA) is 81.6 Å². The molecule has 5 nitrogen and oxygen atoms in total. The zero-order chi connectivity index (χ0) is 17.5. The van der Waals surface area contributed by atoms with E-state index < -0.39 is 5.78 Å². The molecule has 4 N–H and O–H groups in total. The number of carbonyl (C=O) groups is 1. The highest BCUT2D eigenvalue weighted by Crippen LogP contribution is 2.24. The largest absolute Gasteiger partial charge is 0.506 e. The molecule has 0 aromatic heterocycles. The lowest BCUT2D eigenvalue weighted by atomic mass is 10.3. The normalized spacial score (nSPS) is 11.9. The number of Topliss-reactive ketones (excluding diaryl/α,β-unsaturated/α-hetero) is 1. The van der Waals surface area contributed by atoms with Crippen LogP contribution in [0.2, 0.25) is 0 Å². The van der Waals surface area contributed by atoms with E-state index >= 15 is 0 Å². The first-order valence-corrected chi connectivity index (χ1v) is 7.59. The van der Waals surface area contributed by atoms with Crippen molar-refractivity contribution in [2.75, 3.05) is 10.6 Å². The van der Waals surface area contributed by atoms with Gasteiger partial charge in [0.15, 0.2) is 0 Å². The molecule has 0 saturated heterocycles.